The van der Waals surface area contributed by atoms with E-state index >= 15 is 0 Å². The van der Waals surface area contributed by atoms with Gasteiger partial charge in [-0.25, -0.2) is 0 Å². The maximum Gasteiger partial charge on any atom is 0.118 e. The summed E-state index contributed by atoms with van der Waals surface area (Å²) in [5.74, 6) is 1.09. The average Bonchev–Trinajstić information content (AvgIpc) is 2.84. The van der Waals surface area contributed by atoms with E-state index in [1.807, 2.05) is 31.2 Å². The van der Waals surface area contributed by atoms with Gasteiger partial charge in [0, 0.05) is 18.9 Å². The second-order valence-electron chi connectivity index (χ2n) is 4.94. The van der Waals surface area contributed by atoms with Gasteiger partial charge in [-0.1, -0.05) is 12.1 Å². The van der Waals surface area contributed by atoms with Gasteiger partial charge >= 0.3 is 0 Å². The Morgan fingerprint density at radius 2 is 2.12 bits per heavy atom. The first-order chi connectivity index (χ1) is 8.12. The SMILES string of the molecule is COc1ccc(CC(C)(O)C2CCOC2)cc1. The summed E-state index contributed by atoms with van der Waals surface area (Å²) in [6, 6.07) is 7.86. The largest absolute Gasteiger partial charge is 0.497 e. The van der Waals surface area contributed by atoms with Crippen LogP contribution in [0.25, 0.3) is 0 Å². The van der Waals surface area contributed by atoms with Crippen molar-refractivity contribution in [1.29, 1.82) is 0 Å². The molecule has 0 amide bonds. The monoisotopic (exact) mass is 236 g/mol. The Balaban J connectivity index is 2.02. The van der Waals surface area contributed by atoms with Crippen LogP contribution in [0.2, 0.25) is 0 Å². The quantitative estimate of drug-likeness (QED) is 0.869. The Bertz CT molecular complexity index is 350. The van der Waals surface area contributed by atoms with Crippen molar-refractivity contribution < 1.29 is 14.6 Å². The number of ether oxygens (including phenoxy) is 2. The molecule has 3 heteroatoms. The van der Waals surface area contributed by atoms with E-state index in [1.165, 1.54) is 0 Å². The molecule has 1 aliphatic rings. The number of hydrogen-bond donors (Lipinski definition) is 1. The molecular weight excluding hydrogens is 216 g/mol. The van der Waals surface area contributed by atoms with E-state index in [1.54, 1.807) is 7.11 Å². The third kappa shape index (κ3) is 2.99. The normalized spacial score (nSPS) is 23.4. The fraction of sp³-hybridized carbons (Fsp3) is 0.571. The predicted molar refractivity (Wildman–Crippen MR) is 66.2 cm³/mol. The highest BCUT2D eigenvalue weighted by atomic mass is 16.5. The smallest absolute Gasteiger partial charge is 0.118 e. The van der Waals surface area contributed by atoms with E-state index < -0.39 is 5.60 Å². The Hall–Kier alpha value is -1.06. The molecule has 1 fully saturated rings. The molecule has 94 valence electrons. The third-order valence-electron chi connectivity index (χ3n) is 3.53. The van der Waals surface area contributed by atoms with Gasteiger partial charge in [0.15, 0.2) is 0 Å². The van der Waals surface area contributed by atoms with E-state index in [2.05, 4.69) is 0 Å². The minimum atomic E-state index is -0.689. The van der Waals surface area contributed by atoms with Gasteiger partial charge in [0.25, 0.3) is 0 Å². The van der Waals surface area contributed by atoms with Gasteiger partial charge in [-0.05, 0) is 31.0 Å². The first-order valence-electron chi connectivity index (χ1n) is 6.05. The van der Waals surface area contributed by atoms with Crippen LogP contribution in [0.15, 0.2) is 24.3 Å². The molecule has 0 spiro atoms. The zero-order valence-electron chi connectivity index (χ0n) is 10.5. The number of aliphatic hydroxyl groups is 1. The van der Waals surface area contributed by atoms with Gasteiger partial charge in [-0.2, -0.15) is 0 Å². The molecule has 1 saturated heterocycles. The standard InChI is InChI=1S/C14H20O3/c1-14(15,12-7-8-17-10-12)9-11-3-5-13(16-2)6-4-11/h3-6,12,15H,7-10H2,1-2H3. The van der Waals surface area contributed by atoms with Crippen LogP contribution in [-0.2, 0) is 11.2 Å². The molecular formula is C14H20O3. The summed E-state index contributed by atoms with van der Waals surface area (Å²) >= 11 is 0. The lowest BCUT2D eigenvalue weighted by Crippen LogP contribution is -2.37. The van der Waals surface area contributed by atoms with E-state index in [9.17, 15) is 5.11 Å². The molecule has 2 unspecified atom stereocenters. The van der Waals surface area contributed by atoms with Crippen molar-refractivity contribution in [2.45, 2.75) is 25.4 Å². The second-order valence-corrected chi connectivity index (χ2v) is 4.94. The molecule has 0 saturated carbocycles. The number of methoxy groups -OCH3 is 1. The highest BCUT2D eigenvalue weighted by Crippen LogP contribution is 2.29. The Labute approximate surface area is 102 Å². The zero-order chi connectivity index (χ0) is 12.3. The zero-order valence-corrected chi connectivity index (χ0v) is 10.5. The van der Waals surface area contributed by atoms with Gasteiger partial charge in [0.2, 0.25) is 0 Å². The van der Waals surface area contributed by atoms with Crippen LogP contribution < -0.4 is 4.74 Å². The maximum atomic E-state index is 10.5. The maximum absolute atomic E-state index is 10.5. The van der Waals surface area contributed by atoms with Crippen molar-refractivity contribution >= 4 is 0 Å². The summed E-state index contributed by atoms with van der Waals surface area (Å²) in [6.45, 7) is 3.34. The van der Waals surface area contributed by atoms with Crippen LogP contribution >= 0.6 is 0 Å². The Kier molecular flexibility index (Phi) is 3.69. The van der Waals surface area contributed by atoms with Gasteiger partial charge in [-0.15, -0.1) is 0 Å². The summed E-state index contributed by atoms with van der Waals surface area (Å²) < 4.78 is 10.5. The van der Waals surface area contributed by atoms with Crippen LogP contribution in [0, 0.1) is 5.92 Å². The second kappa shape index (κ2) is 5.07. The number of benzene rings is 1. The summed E-state index contributed by atoms with van der Waals surface area (Å²) in [4.78, 5) is 0. The molecule has 17 heavy (non-hydrogen) atoms. The van der Waals surface area contributed by atoms with Crippen molar-refractivity contribution in [2.75, 3.05) is 20.3 Å². The van der Waals surface area contributed by atoms with E-state index in [0.717, 1.165) is 24.3 Å². The van der Waals surface area contributed by atoms with Crippen LogP contribution in [0.5, 0.6) is 5.75 Å². The number of rotatable bonds is 4. The Morgan fingerprint density at radius 1 is 1.41 bits per heavy atom. The van der Waals surface area contributed by atoms with E-state index in [4.69, 9.17) is 9.47 Å². The molecule has 2 rings (SSSR count). The molecule has 0 bridgehead atoms. The van der Waals surface area contributed by atoms with E-state index in [-0.39, 0.29) is 5.92 Å². The van der Waals surface area contributed by atoms with Crippen molar-refractivity contribution in [3.8, 4) is 5.75 Å². The van der Waals surface area contributed by atoms with Crippen LogP contribution in [0.1, 0.15) is 18.9 Å². The van der Waals surface area contributed by atoms with Crippen LogP contribution in [-0.4, -0.2) is 31.0 Å². The van der Waals surface area contributed by atoms with Crippen molar-refractivity contribution in [2.24, 2.45) is 5.92 Å². The lowest BCUT2D eigenvalue weighted by atomic mass is 9.83. The Morgan fingerprint density at radius 3 is 2.65 bits per heavy atom. The molecule has 1 aliphatic heterocycles. The highest BCUT2D eigenvalue weighted by Gasteiger charge is 2.34. The molecule has 1 aromatic rings. The van der Waals surface area contributed by atoms with Crippen molar-refractivity contribution in [1.82, 2.24) is 0 Å². The molecule has 1 heterocycles. The van der Waals surface area contributed by atoms with Gasteiger partial charge < -0.3 is 14.6 Å². The summed E-state index contributed by atoms with van der Waals surface area (Å²) in [5, 5.41) is 10.5. The highest BCUT2D eigenvalue weighted by molar-refractivity contribution is 5.28. The van der Waals surface area contributed by atoms with E-state index in [0.29, 0.717) is 13.0 Å². The lowest BCUT2D eigenvalue weighted by Gasteiger charge is -2.29. The first-order valence-corrected chi connectivity index (χ1v) is 6.05. The van der Waals surface area contributed by atoms with Gasteiger partial charge in [0.05, 0.1) is 19.3 Å². The predicted octanol–water partition coefficient (Wildman–Crippen LogP) is 2.03. The minimum absolute atomic E-state index is 0.240. The molecule has 1 aromatic carbocycles. The molecule has 2 atom stereocenters. The summed E-state index contributed by atoms with van der Waals surface area (Å²) in [5.41, 5.74) is 0.438. The molecule has 3 nitrogen and oxygen atoms in total. The summed E-state index contributed by atoms with van der Waals surface area (Å²) in [6.07, 6.45) is 1.61. The lowest BCUT2D eigenvalue weighted by molar-refractivity contribution is -0.00454. The average molecular weight is 236 g/mol. The van der Waals surface area contributed by atoms with Crippen molar-refractivity contribution in [3.63, 3.8) is 0 Å². The van der Waals surface area contributed by atoms with Crippen LogP contribution in [0.4, 0.5) is 0 Å². The first kappa shape index (κ1) is 12.4. The van der Waals surface area contributed by atoms with Crippen LogP contribution in [0.3, 0.4) is 0 Å². The van der Waals surface area contributed by atoms with Crippen molar-refractivity contribution in [3.05, 3.63) is 29.8 Å². The molecule has 0 aliphatic carbocycles. The minimum Gasteiger partial charge on any atom is -0.497 e. The van der Waals surface area contributed by atoms with Gasteiger partial charge in [-0.3, -0.25) is 0 Å². The fourth-order valence-electron chi connectivity index (χ4n) is 2.33. The van der Waals surface area contributed by atoms with Gasteiger partial charge in [0.1, 0.15) is 5.75 Å². The molecule has 0 aromatic heterocycles. The summed E-state index contributed by atoms with van der Waals surface area (Å²) in [7, 11) is 1.65. The third-order valence-corrected chi connectivity index (χ3v) is 3.53. The topological polar surface area (TPSA) is 38.7 Å². The molecule has 1 N–H and O–H groups in total. The fourth-order valence-corrected chi connectivity index (χ4v) is 2.33. The number of hydrogen-bond acceptors (Lipinski definition) is 3. The molecule has 0 radical (unpaired) electrons.